The number of nitrogens with zero attached hydrogens (tertiary/aromatic N) is 1. The zero-order valence-electron chi connectivity index (χ0n) is 13.4. The molecule has 3 rings (SSSR count). The Bertz CT molecular complexity index is 864. The van der Waals surface area contributed by atoms with Gasteiger partial charge in [-0.15, -0.1) is 0 Å². The first-order valence-electron chi connectivity index (χ1n) is 7.54. The minimum atomic E-state index is -0.146. The highest BCUT2D eigenvalue weighted by Crippen LogP contribution is 2.30. The zero-order valence-corrected chi connectivity index (χ0v) is 15.1. The van der Waals surface area contributed by atoms with Crippen molar-refractivity contribution in [2.45, 2.75) is 20.3 Å². The summed E-state index contributed by atoms with van der Waals surface area (Å²) in [5.74, 6) is -0.146. The Morgan fingerprint density at radius 1 is 1.12 bits per heavy atom. The fourth-order valence-electron chi connectivity index (χ4n) is 2.39. The van der Waals surface area contributed by atoms with Crippen LogP contribution in [0.5, 0.6) is 0 Å². The summed E-state index contributed by atoms with van der Waals surface area (Å²) in [5, 5.41) is 6.66. The first kappa shape index (κ1) is 16.5. The molecule has 2 aromatic carbocycles. The number of benzene rings is 2. The number of aryl methyl sites for hydroxylation is 2. The number of hydrogen-bond acceptors (Lipinski definition) is 4. The Morgan fingerprint density at radius 2 is 1.83 bits per heavy atom. The van der Waals surface area contributed by atoms with Gasteiger partial charge in [0, 0.05) is 0 Å². The first-order valence-corrected chi connectivity index (χ1v) is 8.77. The quantitative estimate of drug-likeness (QED) is 0.698. The zero-order chi connectivity index (χ0) is 17.1. The molecule has 0 aliphatic rings. The van der Waals surface area contributed by atoms with Crippen LogP contribution in [0.4, 0.5) is 5.13 Å². The standard InChI is InChI=1S/C18H17N3OS2/c1-11-8-9-12(2)16-15(11)20-18(24-16)21-17(23)19-14(22)10-13-6-4-3-5-7-13/h3-9H,10H2,1-2H3,(H2,19,20,21,22,23). The largest absolute Gasteiger partial charge is 0.308 e. The Labute approximate surface area is 149 Å². The Hall–Kier alpha value is -2.31. The minimum Gasteiger partial charge on any atom is -0.308 e. The summed E-state index contributed by atoms with van der Waals surface area (Å²) < 4.78 is 1.14. The van der Waals surface area contributed by atoms with Gasteiger partial charge in [-0.1, -0.05) is 53.8 Å². The number of aromatic nitrogens is 1. The average Bonchev–Trinajstić information content (AvgIpc) is 2.96. The lowest BCUT2D eigenvalue weighted by molar-refractivity contribution is -0.119. The normalized spacial score (nSPS) is 10.6. The second-order valence-electron chi connectivity index (χ2n) is 5.56. The third kappa shape index (κ3) is 3.77. The van der Waals surface area contributed by atoms with Crippen molar-refractivity contribution >= 4 is 49.9 Å². The lowest BCUT2D eigenvalue weighted by Gasteiger charge is -2.07. The predicted molar refractivity (Wildman–Crippen MR) is 104 cm³/mol. The maximum Gasteiger partial charge on any atom is 0.230 e. The lowest BCUT2D eigenvalue weighted by Crippen LogP contribution is -2.35. The number of thiocarbonyl (C=S) groups is 1. The number of thiazole rings is 1. The Balaban J connectivity index is 1.66. The van der Waals surface area contributed by atoms with Crippen LogP contribution in [-0.4, -0.2) is 16.0 Å². The van der Waals surface area contributed by atoms with Crippen LogP contribution in [0.1, 0.15) is 16.7 Å². The van der Waals surface area contributed by atoms with E-state index in [0.717, 1.165) is 21.3 Å². The van der Waals surface area contributed by atoms with Crippen LogP contribution < -0.4 is 10.6 Å². The molecule has 0 aliphatic carbocycles. The van der Waals surface area contributed by atoms with Gasteiger partial charge in [0.15, 0.2) is 10.2 Å². The van der Waals surface area contributed by atoms with E-state index in [2.05, 4.69) is 34.7 Å². The summed E-state index contributed by atoms with van der Waals surface area (Å²) in [4.78, 5) is 16.6. The monoisotopic (exact) mass is 355 g/mol. The summed E-state index contributed by atoms with van der Waals surface area (Å²) in [5.41, 5.74) is 4.23. The Kier molecular flexibility index (Phi) is 4.87. The molecular weight excluding hydrogens is 338 g/mol. The third-order valence-electron chi connectivity index (χ3n) is 3.62. The van der Waals surface area contributed by atoms with E-state index in [1.165, 1.54) is 16.9 Å². The van der Waals surface area contributed by atoms with Gasteiger partial charge >= 0.3 is 0 Å². The molecule has 1 amide bonds. The van der Waals surface area contributed by atoms with Crippen molar-refractivity contribution in [3.05, 3.63) is 59.2 Å². The number of carbonyl (C=O) groups is 1. The molecule has 0 spiro atoms. The van der Waals surface area contributed by atoms with Crippen LogP contribution >= 0.6 is 23.6 Å². The molecule has 6 heteroatoms. The highest BCUT2D eigenvalue weighted by atomic mass is 32.1. The van der Waals surface area contributed by atoms with Crippen molar-refractivity contribution in [3.8, 4) is 0 Å². The molecule has 24 heavy (non-hydrogen) atoms. The number of amides is 1. The molecule has 0 fully saturated rings. The topological polar surface area (TPSA) is 54.0 Å². The second kappa shape index (κ2) is 7.07. The minimum absolute atomic E-state index is 0.146. The van der Waals surface area contributed by atoms with Crippen molar-refractivity contribution in [2.75, 3.05) is 5.32 Å². The number of anilines is 1. The molecule has 0 saturated heterocycles. The number of hydrogen-bond donors (Lipinski definition) is 2. The van der Waals surface area contributed by atoms with Crippen LogP contribution in [0.25, 0.3) is 10.2 Å². The smallest absolute Gasteiger partial charge is 0.230 e. The molecule has 1 aromatic heterocycles. The SMILES string of the molecule is Cc1ccc(C)c2sc(NC(=S)NC(=O)Cc3ccccc3)nc12. The molecule has 0 atom stereocenters. The number of rotatable bonds is 3. The Morgan fingerprint density at radius 3 is 2.54 bits per heavy atom. The van der Waals surface area contributed by atoms with E-state index in [4.69, 9.17) is 12.2 Å². The summed E-state index contributed by atoms with van der Waals surface area (Å²) in [6, 6.07) is 13.7. The molecule has 0 unspecified atom stereocenters. The van der Waals surface area contributed by atoms with Crippen molar-refractivity contribution < 1.29 is 4.79 Å². The lowest BCUT2D eigenvalue weighted by atomic mass is 10.1. The van der Waals surface area contributed by atoms with Crippen molar-refractivity contribution in [3.63, 3.8) is 0 Å². The average molecular weight is 355 g/mol. The van der Waals surface area contributed by atoms with Gasteiger partial charge in [-0.25, -0.2) is 4.98 Å². The van der Waals surface area contributed by atoms with E-state index in [1.807, 2.05) is 37.3 Å². The van der Waals surface area contributed by atoms with Crippen molar-refractivity contribution in [1.82, 2.24) is 10.3 Å². The molecule has 4 nitrogen and oxygen atoms in total. The maximum absolute atomic E-state index is 12.0. The molecular formula is C18H17N3OS2. The van der Waals surface area contributed by atoms with Gasteiger partial charge in [0.2, 0.25) is 5.91 Å². The molecule has 0 bridgehead atoms. The van der Waals surface area contributed by atoms with E-state index >= 15 is 0 Å². The van der Waals surface area contributed by atoms with Crippen LogP contribution in [0.15, 0.2) is 42.5 Å². The van der Waals surface area contributed by atoms with Gasteiger partial charge in [-0.3, -0.25) is 4.79 Å². The van der Waals surface area contributed by atoms with E-state index in [-0.39, 0.29) is 11.0 Å². The third-order valence-corrected chi connectivity index (χ3v) is 4.93. The maximum atomic E-state index is 12.0. The van der Waals surface area contributed by atoms with E-state index < -0.39 is 0 Å². The molecule has 0 saturated carbocycles. The van der Waals surface area contributed by atoms with Crippen molar-refractivity contribution in [1.29, 1.82) is 0 Å². The van der Waals surface area contributed by atoms with E-state index in [9.17, 15) is 4.79 Å². The van der Waals surface area contributed by atoms with Gasteiger partial charge in [0.1, 0.15) is 0 Å². The van der Waals surface area contributed by atoms with Gasteiger partial charge in [-0.05, 0) is 42.8 Å². The van der Waals surface area contributed by atoms with Crippen LogP contribution in [0, 0.1) is 13.8 Å². The fraction of sp³-hybridized carbons (Fsp3) is 0.167. The second-order valence-corrected chi connectivity index (χ2v) is 6.97. The molecule has 0 radical (unpaired) electrons. The van der Waals surface area contributed by atoms with Gasteiger partial charge in [0.05, 0.1) is 16.6 Å². The van der Waals surface area contributed by atoms with Crippen LogP contribution in [0.2, 0.25) is 0 Å². The highest BCUT2D eigenvalue weighted by Gasteiger charge is 2.11. The molecule has 1 heterocycles. The molecule has 0 aliphatic heterocycles. The van der Waals surface area contributed by atoms with Gasteiger partial charge in [0.25, 0.3) is 0 Å². The van der Waals surface area contributed by atoms with Gasteiger partial charge < -0.3 is 10.6 Å². The predicted octanol–water partition coefficient (Wildman–Crippen LogP) is 3.97. The summed E-state index contributed by atoms with van der Waals surface area (Å²) in [6.45, 7) is 4.09. The van der Waals surface area contributed by atoms with Crippen LogP contribution in [0.3, 0.4) is 0 Å². The molecule has 122 valence electrons. The van der Waals surface area contributed by atoms with Crippen molar-refractivity contribution in [2.24, 2.45) is 0 Å². The van der Waals surface area contributed by atoms with Crippen LogP contribution in [-0.2, 0) is 11.2 Å². The highest BCUT2D eigenvalue weighted by molar-refractivity contribution is 7.80. The molecule has 2 N–H and O–H groups in total. The fourth-order valence-corrected chi connectivity index (χ4v) is 3.68. The number of carbonyl (C=O) groups excluding carboxylic acids is 1. The molecule has 3 aromatic rings. The van der Waals surface area contributed by atoms with E-state index in [0.29, 0.717) is 11.6 Å². The summed E-state index contributed by atoms with van der Waals surface area (Å²) in [7, 11) is 0. The summed E-state index contributed by atoms with van der Waals surface area (Å²) in [6.07, 6.45) is 0.292. The van der Waals surface area contributed by atoms with E-state index in [1.54, 1.807) is 0 Å². The number of fused-ring (bicyclic) bond motifs is 1. The number of nitrogens with one attached hydrogen (secondary N) is 2. The summed E-state index contributed by atoms with van der Waals surface area (Å²) >= 11 is 6.76. The van der Waals surface area contributed by atoms with Gasteiger partial charge in [-0.2, -0.15) is 0 Å². The first-order chi connectivity index (χ1) is 11.5.